The lowest BCUT2D eigenvalue weighted by atomic mass is 10.1. The first kappa shape index (κ1) is 11.7. The van der Waals surface area contributed by atoms with Gasteiger partial charge in [-0.1, -0.05) is 15.9 Å². The fourth-order valence-corrected chi connectivity index (χ4v) is 1.76. The molecule has 0 radical (unpaired) electrons. The average molecular weight is 295 g/mol. The molecule has 1 amide bonds. The van der Waals surface area contributed by atoms with E-state index < -0.39 is 0 Å². The van der Waals surface area contributed by atoms with Crippen molar-refractivity contribution >= 4 is 27.5 Å². The Hall–Kier alpha value is -1.75. The molecule has 0 saturated heterocycles. The molecule has 0 atom stereocenters. The maximum Gasteiger partial charge on any atom is 0.253 e. The van der Waals surface area contributed by atoms with E-state index >= 15 is 0 Å². The Morgan fingerprint density at radius 2 is 2.24 bits per heavy atom. The van der Waals surface area contributed by atoms with Crippen molar-refractivity contribution in [3.05, 3.63) is 52.4 Å². The van der Waals surface area contributed by atoms with Crippen LogP contribution in [-0.4, -0.2) is 5.91 Å². The molecule has 1 aromatic heterocycles. The summed E-state index contributed by atoms with van der Waals surface area (Å²) >= 11 is 3.30. The predicted octanol–water partition coefficient (Wildman–Crippen LogP) is 2.55. The zero-order chi connectivity index (χ0) is 12.3. The molecule has 3 N–H and O–H groups in total. The van der Waals surface area contributed by atoms with Crippen LogP contribution in [0.25, 0.3) is 0 Å². The van der Waals surface area contributed by atoms with Crippen LogP contribution in [0.4, 0.5) is 5.69 Å². The summed E-state index contributed by atoms with van der Waals surface area (Å²) in [5, 5.41) is 2.74. The Morgan fingerprint density at radius 3 is 2.94 bits per heavy atom. The molecule has 5 heteroatoms. The first-order chi connectivity index (χ1) is 8.16. The molecule has 0 aliphatic carbocycles. The zero-order valence-corrected chi connectivity index (χ0v) is 10.5. The Morgan fingerprint density at radius 1 is 1.41 bits per heavy atom. The summed E-state index contributed by atoms with van der Waals surface area (Å²) in [5.74, 6) is 0.479. The molecule has 0 aliphatic rings. The number of hydrogen-bond acceptors (Lipinski definition) is 3. The molecule has 0 unspecified atom stereocenters. The minimum Gasteiger partial charge on any atom is -0.467 e. The summed E-state index contributed by atoms with van der Waals surface area (Å²) in [7, 11) is 0. The van der Waals surface area contributed by atoms with Crippen LogP contribution in [-0.2, 0) is 6.54 Å². The molecule has 4 nitrogen and oxygen atoms in total. The maximum atomic E-state index is 11.9. The van der Waals surface area contributed by atoms with Gasteiger partial charge in [-0.25, -0.2) is 0 Å². The molecular formula is C12H11BrN2O2. The minimum atomic E-state index is -0.222. The Balaban J connectivity index is 2.07. The van der Waals surface area contributed by atoms with Crippen molar-refractivity contribution in [2.24, 2.45) is 0 Å². The third kappa shape index (κ3) is 2.88. The number of benzene rings is 1. The van der Waals surface area contributed by atoms with Crippen molar-refractivity contribution < 1.29 is 9.21 Å². The second-order valence-corrected chi connectivity index (χ2v) is 4.41. The lowest BCUT2D eigenvalue weighted by Crippen LogP contribution is -2.23. The molecule has 0 aliphatic heterocycles. The van der Waals surface area contributed by atoms with E-state index in [1.807, 2.05) is 0 Å². The molecule has 88 valence electrons. The van der Waals surface area contributed by atoms with Crippen LogP contribution in [0.1, 0.15) is 16.1 Å². The van der Waals surface area contributed by atoms with Crippen molar-refractivity contribution in [2.75, 3.05) is 5.73 Å². The summed E-state index contributed by atoms with van der Waals surface area (Å²) in [6.07, 6.45) is 1.56. The van der Waals surface area contributed by atoms with E-state index in [0.29, 0.717) is 23.6 Å². The number of carbonyl (C=O) groups excluding carboxylic acids is 1. The number of carbonyl (C=O) groups is 1. The van der Waals surface area contributed by atoms with Crippen LogP contribution in [0.3, 0.4) is 0 Å². The van der Waals surface area contributed by atoms with Crippen molar-refractivity contribution in [2.45, 2.75) is 6.54 Å². The van der Waals surface area contributed by atoms with Gasteiger partial charge in [0.1, 0.15) is 5.76 Å². The number of anilines is 1. The standard InChI is InChI=1S/C12H11BrN2O2/c13-8-3-4-11(14)10(6-8)12(16)15-7-9-2-1-5-17-9/h1-6H,7,14H2,(H,15,16). The molecular weight excluding hydrogens is 284 g/mol. The van der Waals surface area contributed by atoms with Crippen LogP contribution in [0.2, 0.25) is 0 Å². The van der Waals surface area contributed by atoms with Crippen molar-refractivity contribution in [1.82, 2.24) is 5.32 Å². The molecule has 0 saturated carbocycles. The minimum absolute atomic E-state index is 0.222. The molecule has 17 heavy (non-hydrogen) atoms. The first-order valence-electron chi connectivity index (χ1n) is 5.02. The van der Waals surface area contributed by atoms with E-state index in [-0.39, 0.29) is 5.91 Å². The van der Waals surface area contributed by atoms with Gasteiger partial charge in [-0.05, 0) is 30.3 Å². The monoisotopic (exact) mass is 294 g/mol. The second kappa shape index (κ2) is 5.05. The topological polar surface area (TPSA) is 68.3 Å². The second-order valence-electron chi connectivity index (χ2n) is 3.49. The van der Waals surface area contributed by atoms with Gasteiger partial charge in [0.2, 0.25) is 0 Å². The lowest BCUT2D eigenvalue weighted by Gasteiger charge is -2.06. The van der Waals surface area contributed by atoms with Gasteiger partial charge in [-0.15, -0.1) is 0 Å². The zero-order valence-electron chi connectivity index (χ0n) is 8.94. The molecule has 1 heterocycles. The Kier molecular flexibility index (Phi) is 3.49. The first-order valence-corrected chi connectivity index (χ1v) is 5.82. The molecule has 0 spiro atoms. The third-order valence-corrected chi connectivity index (χ3v) is 2.76. The summed E-state index contributed by atoms with van der Waals surface area (Å²) in [6, 6.07) is 8.73. The van der Waals surface area contributed by atoms with Gasteiger partial charge >= 0.3 is 0 Å². The van der Waals surface area contributed by atoms with E-state index in [9.17, 15) is 4.79 Å². The van der Waals surface area contributed by atoms with E-state index in [0.717, 1.165) is 4.47 Å². The summed E-state index contributed by atoms with van der Waals surface area (Å²) in [4.78, 5) is 11.9. The number of rotatable bonds is 3. The fraction of sp³-hybridized carbons (Fsp3) is 0.0833. The van der Waals surface area contributed by atoms with Crippen LogP contribution in [0, 0.1) is 0 Å². The predicted molar refractivity (Wildman–Crippen MR) is 68.4 cm³/mol. The van der Waals surface area contributed by atoms with Gasteiger partial charge in [0, 0.05) is 10.2 Å². The largest absolute Gasteiger partial charge is 0.467 e. The SMILES string of the molecule is Nc1ccc(Br)cc1C(=O)NCc1ccco1. The highest BCUT2D eigenvalue weighted by Gasteiger charge is 2.10. The highest BCUT2D eigenvalue weighted by molar-refractivity contribution is 9.10. The number of nitrogens with one attached hydrogen (secondary N) is 1. The van der Waals surface area contributed by atoms with Crippen LogP contribution < -0.4 is 11.1 Å². The lowest BCUT2D eigenvalue weighted by molar-refractivity contribution is 0.0949. The smallest absolute Gasteiger partial charge is 0.253 e. The summed E-state index contributed by atoms with van der Waals surface area (Å²) in [5.41, 5.74) is 6.63. The molecule has 1 aromatic carbocycles. The molecule has 0 fully saturated rings. The van der Waals surface area contributed by atoms with Gasteiger partial charge < -0.3 is 15.5 Å². The van der Waals surface area contributed by atoms with E-state index in [1.54, 1.807) is 36.6 Å². The quantitative estimate of drug-likeness (QED) is 0.855. The number of halogens is 1. The molecule has 2 aromatic rings. The van der Waals surface area contributed by atoms with Crippen molar-refractivity contribution in [3.8, 4) is 0 Å². The average Bonchev–Trinajstić information content (AvgIpc) is 2.82. The number of hydrogen-bond donors (Lipinski definition) is 2. The number of amides is 1. The molecule has 2 rings (SSSR count). The number of nitrogens with two attached hydrogens (primary N) is 1. The Bertz CT molecular complexity index is 523. The van der Waals surface area contributed by atoms with Crippen LogP contribution in [0.15, 0.2) is 45.5 Å². The van der Waals surface area contributed by atoms with Crippen molar-refractivity contribution in [1.29, 1.82) is 0 Å². The van der Waals surface area contributed by atoms with E-state index in [4.69, 9.17) is 10.2 Å². The number of furan rings is 1. The van der Waals surface area contributed by atoms with E-state index in [2.05, 4.69) is 21.2 Å². The van der Waals surface area contributed by atoms with Crippen molar-refractivity contribution in [3.63, 3.8) is 0 Å². The highest BCUT2D eigenvalue weighted by Crippen LogP contribution is 2.18. The van der Waals surface area contributed by atoms with E-state index in [1.165, 1.54) is 0 Å². The normalized spacial score (nSPS) is 10.2. The summed E-state index contributed by atoms with van der Waals surface area (Å²) in [6.45, 7) is 0.345. The van der Waals surface area contributed by atoms with Gasteiger partial charge in [0.05, 0.1) is 18.4 Å². The maximum absolute atomic E-state index is 11.9. The van der Waals surface area contributed by atoms with Crippen LogP contribution in [0.5, 0.6) is 0 Å². The summed E-state index contributed by atoms with van der Waals surface area (Å²) < 4.78 is 5.93. The van der Waals surface area contributed by atoms with Gasteiger partial charge in [0.15, 0.2) is 0 Å². The fourth-order valence-electron chi connectivity index (χ4n) is 1.40. The molecule has 0 bridgehead atoms. The number of nitrogen functional groups attached to an aromatic ring is 1. The highest BCUT2D eigenvalue weighted by atomic mass is 79.9. The third-order valence-electron chi connectivity index (χ3n) is 2.26. The Labute approximate surface area is 107 Å². The van der Waals surface area contributed by atoms with Crippen LogP contribution >= 0.6 is 15.9 Å². The van der Waals surface area contributed by atoms with Gasteiger partial charge in [-0.2, -0.15) is 0 Å². The van der Waals surface area contributed by atoms with Gasteiger partial charge in [0.25, 0.3) is 5.91 Å². The van der Waals surface area contributed by atoms with Gasteiger partial charge in [-0.3, -0.25) is 4.79 Å².